The Hall–Kier alpha value is -1.30. The zero-order chi connectivity index (χ0) is 14.1. The van der Waals surface area contributed by atoms with Gasteiger partial charge in [0.1, 0.15) is 10.6 Å². The number of anilines is 2. The predicted molar refractivity (Wildman–Crippen MR) is 82.3 cm³/mol. The van der Waals surface area contributed by atoms with Crippen molar-refractivity contribution < 1.29 is 4.79 Å². The summed E-state index contributed by atoms with van der Waals surface area (Å²) < 4.78 is 4.22. The maximum absolute atomic E-state index is 12.4. The predicted octanol–water partition coefficient (Wildman–Crippen LogP) is 2.39. The molecule has 2 aliphatic rings. The highest BCUT2D eigenvalue weighted by molar-refractivity contribution is 7.11. The first-order valence-corrected chi connectivity index (χ1v) is 8.30. The van der Waals surface area contributed by atoms with Crippen LogP contribution < -0.4 is 16.0 Å². The van der Waals surface area contributed by atoms with Crippen molar-refractivity contribution >= 4 is 28.3 Å². The number of carbonyl (C=O) groups is 1. The largest absolute Gasteiger partial charge is 0.382 e. The second-order valence-electron chi connectivity index (χ2n) is 5.77. The van der Waals surface area contributed by atoms with Crippen molar-refractivity contribution in [3.8, 4) is 0 Å². The lowest BCUT2D eigenvalue weighted by atomic mass is 10.2. The van der Waals surface area contributed by atoms with E-state index in [0.717, 1.165) is 37.2 Å². The lowest BCUT2D eigenvalue weighted by Crippen LogP contribution is -2.31. The van der Waals surface area contributed by atoms with Crippen molar-refractivity contribution in [3.63, 3.8) is 0 Å². The van der Waals surface area contributed by atoms with Gasteiger partial charge in [-0.1, -0.05) is 13.3 Å². The molecule has 1 amide bonds. The Kier molecular flexibility index (Phi) is 3.83. The van der Waals surface area contributed by atoms with Gasteiger partial charge in [0.25, 0.3) is 5.91 Å². The SMILES string of the molecule is CCCCN(c1snc(N)c1C(=O)NC1CC1)C1CC1. The molecule has 0 bridgehead atoms. The molecule has 6 heteroatoms. The zero-order valence-electron chi connectivity index (χ0n) is 11.9. The molecule has 3 N–H and O–H groups in total. The van der Waals surface area contributed by atoms with Crippen LogP contribution >= 0.6 is 11.5 Å². The fraction of sp³-hybridized carbons (Fsp3) is 0.714. The van der Waals surface area contributed by atoms with Gasteiger partial charge < -0.3 is 16.0 Å². The van der Waals surface area contributed by atoms with Crippen LogP contribution in [-0.4, -0.2) is 28.9 Å². The van der Waals surface area contributed by atoms with Crippen molar-refractivity contribution in [2.75, 3.05) is 17.2 Å². The topological polar surface area (TPSA) is 71.2 Å². The van der Waals surface area contributed by atoms with Gasteiger partial charge in [-0.25, -0.2) is 0 Å². The second kappa shape index (κ2) is 5.60. The van der Waals surface area contributed by atoms with E-state index in [4.69, 9.17) is 5.73 Å². The van der Waals surface area contributed by atoms with Crippen LogP contribution in [0.2, 0.25) is 0 Å². The first-order valence-electron chi connectivity index (χ1n) is 7.53. The summed E-state index contributed by atoms with van der Waals surface area (Å²) >= 11 is 1.37. The molecule has 3 rings (SSSR count). The molecule has 0 radical (unpaired) electrons. The molecule has 5 nitrogen and oxygen atoms in total. The van der Waals surface area contributed by atoms with E-state index in [0.29, 0.717) is 23.5 Å². The highest BCUT2D eigenvalue weighted by Crippen LogP contribution is 2.38. The van der Waals surface area contributed by atoms with Crippen molar-refractivity contribution in [1.82, 2.24) is 9.69 Å². The van der Waals surface area contributed by atoms with E-state index in [9.17, 15) is 4.79 Å². The van der Waals surface area contributed by atoms with Crippen molar-refractivity contribution in [1.29, 1.82) is 0 Å². The summed E-state index contributed by atoms with van der Waals surface area (Å²) in [5, 5.41) is 4.00. The van der Waals surface area contributed by atoms with Crippen LogP contribution in [0.15, 0.2) is 0 Å². The van der Waals surface area contributed by atoms with Gasteiger partial charge >= 0.3 is 0 Å². The van der Waals surface area contributed by atoms with E-state index in [-0.39, 0.29) is 5.91 Å². The van der Waals surface area contributed by atoms with E-state index in [1.165, 1.54) is 24.4 Å². The molecule has 0 unspecified atom stereocenters. The number of hydrogen-bond acceptors (Lipinski definition) is 5. The number of hydrogen-bond donors (Lipinski definition) is 2. The van der Waals surface area contributed by atoms with Gasteiger partial charge in [0.2, 0.25) is 0 Å². The van der Waals surface area contributed by atoms with E-state index < -0.39 is 0 Å². The van der Waals surface area contributed by atoms with Crippen molar-refractivity contribution in [2.24, 2.45) is 0 Å². The third kappa shape index (κ3) is 2.90. The minimum atomic E-state index is -0.0455. The molecule has 1 heterocycles. The average molecular weight is 294 g/mol. The maximum atomic E-state index is 12.4. The summed E-state index contributed by atoms with van der Waals surface area (Å²) in [5.41, 5.74) is 6.54. The Balaban J connectivity index is 1.81. The highest BCUT2D eigenvalue weighted by Gasteiger charge is 2.34. The lowest BCUT2D eigenvalue weighted by molar-refractivity contribution is 0.0952. The number of rotatable bonds is 7. The average Bonchev–Trinajstić information content (AvgIpc) is 3.31. The molecule has 1 aromatic heterocycles. The summed E-state index contributed by atoms with van der Waals surface area (Å²) in [5.74, 6) is 0.334. The number of nitrogen functional groups attached to an aromatic ring is 1. The molecule has 0 aliphatic heterocycles. The molecule has 110 valence electrons. The monoisotopic (exact) mass is 294 g/mol. The van der Waals surface area contributed by atoms with E-state index >= 15 is 0 Å². The maximum Gasteiger partial charge on any atom is 0.258 e. The second-order valence-corrected chi connectivity index (χ2v) is 6.53. The molecule has 2 saturated carbocycles. The standard InChI is InChI=1S/C14H22N4OS/c1-2-3-8-18(10-6-7-10)14-11(12(15)17-20-14)13(19)16-9-4-5-9/h9-10H,2-8H2,1H3,(H2,15,17)(H,16,19). The Morgan fingerprint density at radius 3 is 2.80 bits per heavy atom. The van der Waals surface area contributed by atoms with Gasteiger partial charge in [-0.2, -0.15) is 4.37 Å². The van der Waals surface area contributed by atoms with E-state index in [1.807, 2.05) is 0 Å². The summed E-state index contributed by atoms with van der Waals surface area (Å²) in [4.78, 5) is 14.7. The van der Waals surface area contributed by atoms with Gasteiger partial charge in [0, 0.05) is 18.6 Å². The van der Waals surface area contributed by atoms with Crippen LogP contribution in [0.1, 0.15) is 55.8 Å². The number of amides is 1. The molecular formula is C14H22N4OS. The van der Waals surface area contributed by atoms with Crippen LogP contribution in [0.25, 0.3) is 0 Å². The molecule has 0 aromatic carbocycles. The Labute approximate surface area is 123 Å². The molecular weight excluding hydrogens is 272 g/mol. The van der Waals surface area contributed by atoms with Gasteiger partial charge in [0.15, 0.2) is 5.82 Å². The van der Waals surface area contributed by atoms with E-state index in [1.54, 1.807) is 0 Å². The summed E-state index contributed by atoms with van der Waals surface area (Å²) in [6.07, 6.45) is 6.89. The molecule has 0 saturated heterocycles. The first-order chi connectivity index (χ1) is 9.70. The van der Waals surface area contributed by atoms with Crippen LogP contribution in [0.5, 0.6) is 0 Å². The first kappa shape index (κ1) is 13.7. The highest BCUT2D eigenvalue weighted by atomic mass is 32.1. The third-order valence-corrected chi connectivity index (χ3v) is 4.74. The van der Waals surface area contributed by atoms with E-state index in [2.05, 4.69) is 21.5 Å². The number of nitrogens with two attached hydrogens (primary N) is 1. The Bertz CT molecular complexity index is 493. The van der Waals surface area contributed by atoms with Crippen LogP contribution in [0.3, 0.4) is 0 Å². The van der Waals surface area contributed by atoms with Crippen LogP contribution in [0, 0.1) is 0 Å². The summed E-state index contributed by atoms with van der Waals surface area (Å²) in [6, 6.07) is 0.925. The number of nitrogens with one attached hydrogen (secondary N) is 1. The Morgan fingerprint density at radius 1 is 1.45 bits per heavy atom. The normalized spacial score (nSPS) is 18.1. The fourth-order valence-corrected chi connectivity index (χ4v) is 3.26. The zero-order valence-corrected chi connectivity index (χ0v) is 12.7. The van der Waals surface area contributed by atoms with Gasteiger partial charge in [0.05, 0.1) is 0 Å². The minimum Gasteiger partial charge on any atom is -0.382 e. The smallest absolute Gasteiger partial charge is 0.258 e. The molecule has 1 aromatic rings. The van der Waals surface area contributed by atoms with Crippen LogP contribution in [0.4, 0.5) is 10.8 Å². The molecule has 20 heavy (non-hydrogen) atoms. The van der Waals surface area contributed by atoms with Crippen molar-refractivity contribution in [3.05, 3.63) is 5.56 Å². The summed E-state index contributed by atoms with van der Waals surface area (Å²) in [7, 11) is 0. The van der Waals surface area contributed by atoms with Gasteiger partial charge in [-0.15, -0.1) is 0 Å². The Morgan fingerprint density at radius 2 is 2.20 bits per heavy atom. The van der Waals surface area contributed by atoms with Crippen molar-refractivity contribution in [2.45, 2.75) is 57.5 Å². The number of nitrogens with zero attached hydrogens (tertiary/aromatic N) is 2. The lowest BCUT2D eigenvalue weighted by Gasteiger charge is -2.23. The number of unbranched alkanes of at least 4 members (excludes halogenated alkanes) is 1. The number of aromatic nitrogens is 1. The fourth-order valence-electron chi connectivity index (χ4n) is 2.35. The van der Waals surface area contributed by atoms with Crippen LogP contribution in [-0.2, 0) is 0 Å². The molecule has 2 fully saturated rings. The molecule has 2 aliphatic carbocycles. The number of carbonyl (C=O) groups excluding carboxylic acids is 1. The quantitative estimate of drug-likeness (QED) is 0.810. The molecule has 0 atom stereocenters. The van der Waals surface area contributed by atoms with Gasteiger partial charge in [-0.3, -0.25) is 4.79 Å². The summed E-state index contributed by atoms with van der Waals surface area (Å²) in [6.45, 7) is 3.18. The van der Waals surface area contributed by atoms with Gasteiger partial charge in [-0.05, 0) is 43.6 Å². The minimum absolute atomic E-state index is 0.0455. The molecule has 0 spiro atoms. The third-order valence-electron chi connectivity index (χ3n) is 3.84.